The molecule has 0 spiro atoms. The Hall–Kier alpha value is -2.46. The molecule has 0 radical (unpaired) electrons. The normalized spacial score (nSPS) is 21.8. The molecule has 1 aliphatic heterocycles. The maximum Gasteiger partial charge on any atom is 0.422 e. The SMILES string of the molecule is COC(CN1CCc2ccc(OCC(F)(F)F)nc2CC1)C1CCC(CC(=O)Cc2cnc(C)o2)CC1. The van der Waals surface area contributed by atoms with Gasteiger partial charge < -0.3 is 18.8 Å². The minimum atomic E-state index is -4.38. The number of rotatable bonds is 10. The van der Waals surface area contributed by atoms with Crippen molar-refractivity contribution in [2.24, 2.45) is 11.8 Å². The minimum absolute atomic E-state index is 0.0190. The molecule has 0 bridgehead atoms. The van der Waals surface area contributed by atoms with Crippen LogP contribution >= 0.6 is 0 Å². The maximum absolute atomic E-state index is 12.5. The van der Waals surface area contributed by atoms with E-state index in [2.05, 4.69) is 14.9 Å². The summed E-state index contributed by atoms with van der Waals surface area (Å²) in [4.78, 5) is 23.2. The van der Waals surface area contributed by atoms with Gasteiger partial charge in [0.25, 0.3) is 0 Å². The van der Waals surface area contributed by atoms with Gasteiger partial charge in [0.15, 0.2) is 12.5 Å². The smallest absolute Gasteiger partial charge is 0.422 e. The van der Waals surface area contributed by atoms with Gasteiger partial charge in [-0.15, -0.1) is 0 Å². The number of alkyl halides is 3. The lowest BCUT2D eigenvalue weighted by Crippen LogP contribution is -2.40. The summed E-state index contributed by atoms with van der Waals surface area (Å²) in [6.45, 7) is 2.87. The van der Waals surface area contributed by atoms with Crippen molar-refractivity contribution in [1.29, 1.82) is 0 Å². The predicted octanol–water partition coefficient (Wildman–Crippen LogP) is 4.74. The van der Waals surface area contributed by atoms with Crippen molar-refractivity contribution >= 4 is 5.78 Å². The van der Waals surface area contributed by atoms with E-state index in [0.717, 1.165) is 63.0 Å². The number of nitrogens with zero attached hydrogens (tertiary/aromatic N) is 3. The van der Waals surface area contributed by atoms with E-state index in [1.807, 2.05) is 6.07 Å². The molecule has 37 heavy (non-hydrogen) atoms. The number of pyridine rings is 1. The maximum atomic E-state index is 12.5. The van der Waals surface area contributed by atoms with Crippen molar-refractivity contribution in [1.82, 2.24) is 14.9 Å². The summed E-state index contributed by atoms with van der Waals surface area (Å²) in [5, 5.41) is 0. The van der Waals surface area contributed by atoms with Crippen LogP contribution in [0.5, 0.6) is 5.88 Å². The minimum Gasteiger partial charge on any atom is -0.468 e. The van der Waals surface area contributed by atoms with Crippen LogP contribution in [-0.2, 0) is 28.8 Å². The topological polar surface area (TPSA) is 77.7 Å². The zero-order chi connectivity index (χ0) is 26.4. The van der Waals surface area contributed by atoms with E-state index in [-0.39, 0.29) is 17.8 Å². The number of aromatic nitrogens is 2. The third-order valence-electron chi connectivity index (χ3n) is 7.50. The Morgan fingerprint density at radius 2 is 1.95 bits per heavy atom. The standard InChI is InChI=1S/C27H36F3N3O4/c1-18-31-15-23(37-18)14-22(34)13-19-3-5-21(6-4-19)25(35-2)16-33-11-9-20-7-8-26(32-24(20)10-12-33)36-17-27(28,29)30/h7-8,15,19,21,25H,3-6,9-14,16-17H2,1-2H3. The predicted molar refractivity (Wildman–Crippen MR) is 130 cm³/mol. The molecule has 0 N–H and O–H groups in total. The Kier molecular flexibility index (Phi) is 9.23. The number of carbonyl (C=O) groups excluding carboxylic acids is 1. The fourth-order valence-corrected chi connectivity index (χ4v) is 5.54. The molecule has 4 rings (SSSR count). The number of ether oxygens (including phenoxy) is 2. The van der Waals surface area contributed by atoms with Gasteiger partial charge in [-0.05, 0) is 49.5 Å². The fraction of sp³-hybridized carbons (Fsp3) is 0.667. The molecule has 1 fully saturated rings. The highest BCUT2D eigenvalue weighted by molar-refractivity contribution is 5.80. The van der Waals surface area contributed by atoms with Crippen LogP contribution in [0.3, 0.4) is 0 Å². The highest BCUT2D eigenvalue weighted by Gasteiger charge is 2.31. The highest BCUT2D eigenvalue weighted by Crippen LogP contribution is 2.34. The molecule has 0 saturated heterocycles. The number of ketones is 1. The van der Waals surface area contributed by atoms with Gasteiger partial charge in [-0.1, -0.05) is 6.07 Å². The first-order valence-corrected chi connectivity index (χ1v) is 13.0. The summed E-state index contributed by atoms with van der Waals surface area (Å²) in [5.41, 5.74) is 1.86. The van der Waals surface area contributed by atoms with Crippen molar-refractivity contribution in [3.05, 3.63) is 41.2 Å². The summed E-state index contributed by atoms with van der Waals surface area (Å²) in [7, 11) is 1.76. The van der Waals surface area contributed by atoms with E-state index in [1.165, 1.54) is 6.07 Å². The quantitative estimate of drug-likeness (QED) is 0.445. The second-order valence-electron chi connectivity index (χ2n) is 10.3. The highest BCUT2D eigenvalue weighted by atomic mass is 19.4. The van der Waals surface area contributed by atoms with E-state index in [1.54, 1.807) is 20.2 Å². The summed E-state index contributed by atoms with van der Waals surface area (Å²) in [6, 6.07) is 3.35. The summed E-state index contributed by atoms with van der Waals surface area (Å²) in [6.07, 6.45) is 3.79. The number of hydrogen-bond donors (Lipinski definition) is 0. The molecule has 1 atom stereocenters. The number of halogens is 3. The zero-order valence-corrected chi connectivity index (χ0v) is 21.6. The monoisotopic (exact) mass is 523 g/mol. The first-order valence-electron chi connectivity index (χ1n) is 13.0. The Morgan fingerprint density at radius 1 is 1.19 bits per heavy atom. The molecule has 2 aromatic rings. The average Bonchev–Trinajstić information content (AvgIpc) is 3.15. The van der Waals surface area contributed by atoms with Crippen molar-refractivity contribution in [2.45, 2.75) is 70.6 Å². The van der Waals surface area contributed by atoms with Gasteiger partial charge in [-0.3, -0.25) is 4.79 Å². The number of Topliss-reactive ketones (excluding diaryl/α,β-unsaturated/α-hetero) is 1. The Bertz CT molecular complexity index is 1030. The lowest BCUT2D eigenvalue weighted by molar-refractivity contribution is -0.154. The van der Waals surface area contributed by atoms with Gasteiger partial charge in [0.05, 0.1) is 18.7 Å². The van der Waals surface area contributed by atoms with Gasteiger partial charge in [-0.2, -0.15) is 13.2 Å². The Morgan fingerprint density at radius 3 is 2.62 bits per heavy atom. The third kappa shape index (κ3) is 8.26. The molecular weight excluding hydrogens is 487 g/mol. The molecule has 2 aromatic heterocycles. The van der Waals surface area contributed by atoms with E-state index >= 15 is 0 Å². The van der Waals surface area contributed by atoms with Crippen LogP contribution in [0.25, 0.3) is 0 Å². The first kappa shape index (κ1) is 27.6. The van der Waals surface area contributed by atoms with E-state index in [4.69, 9.17) is 13.9 Å². The molecule has 7 nitrogen and oxygen atoms in total. The van der Waals surface area contributed by atoms with E-state index in [0.29, 0.717) is 42.7 Å². The molecule has 1 unspecified atom stereocenters. The molecule has 0 aromatic carbocycles. The molecule has 204 valence electrons. The van der Waals surface area contributed by atoms with Gasteiger partial charge in [0.1, 0.15) is 11.5 Å². The summed E-state index contributed by atoms with van der Waals surface area (Å²) in [5.74, 6) is 2.28. The van der Waals surface area contributed by atoms with Crippen LogP contribution in [0.1, 0.15) is 55.0 Å². The summed E-state index contributed by atoms with van der Waals surface area (Å²) < 4.78 is 53.6. The Balaban J connectivity index is 1.23. The van der Waals surface area contributed by atoms with Crippen LogP contribution in [0, 0.1) is 18.8 Å². The second kappa shape index (κ2) is 12.4. The lowest BCUT2D eigenvalue weighted by Gasteiger charge is -2.35. The van der Waals surface area contributed by atoms with Crippen LogP contribution in [0.2, 0.25) is 0 Å². The molecule has 0 amide bonds. The van der Waals surface area contributed by atoms with Crippen molar-refractivity contribution in [3.8, 4) is 5.88 Å². The second-order valence-corrected chi connectivity index (χ2v) is 10.3. The zero-order valence-electron chi connectivity index (χ0n) is 21.6. The van der Waals surface area contributed by atoms with Crippen LogP contribution in [0.15, 0.2) is 22.7 Å². The Labute approximate surface area is 215 Å². The number of aryl methyl sites for hydroxylation is 1. The van der Waals surface area contributed by atoms with Crippen LogP contribution < -0.4 is 4.74 Å². The number of methoxy groups -OCH3 is 1. The summed E-state index contributed by atoms with van der Waals surface area (Å²) >= 11 is 0. The average molecular weight is 524 g/mol. The molecule has 1 saturated carbocycles. The molecular formula is C27H36F3N3O4. The van der Waals surface area contributed by atoms with Crippen molar-refractivity contribution in [3.63, 3.8) is 0 Å². The molecule has 3 heterocycles. The van der Waals surface area contributed by atoms with Crippen LogP contribution in [0.4, 0.5) is 13.2 Å². The lowest BCUT2D eigenvalue weighted by atomic mass is 9.77. The number of oxazole rings is 1. The molecule has 1 aliphatic carbocycles. The largest absolute Gasteiger partial charge is 0.468 e. The van der Waals surface area contributed by atoms with E-state index < -0.39 is 12.8 Å². The van der Waals surface area contributed by atoms with Gasteiger partial charge >= 0.3 is 6.18 Å². The van der Waals surface area contributed by atoms with Crippen LogP contribution in [-0.4, -0.2) is 66.3 Å². The van der Waals surface area contributed by atoms with Crippen molar-refractivity contribution in [2.75, 3.05) is 33.4 Å². The van der Waals surface area contributed by atoms with Gasteiger partial charge in [0.2, 0.25) is 5.88 Å². The number of hydrogen-bond acceptors (Lipinski definition) is 7. The third-order valence-corrected chi connectivity index (χ3v) is 7.50. The van der Waals surface area contributed by atoms with Gasteiger partial charge in [-0.25, -0.2) is 9.97 Å². The molecule has 2 aliphatic rings. The van der Waals surface area contributed by atoms with E-state index in [9.17, 15) is 18.0 Å². The first-order chi connectivity index (χ1) is 17.7. The number of carbonyl (C=O) groups is 1. The van der Waals surface area contributed by atoms with Crippen molar-refractivity contribution < 1.29 is 31.9 Å². The molecule has 10 heteroatoms. The number of fused-ring (bicyclic) bond motifs is 1. The van der Waals surface area contributed by atoms with Gasteiger partial charge in [0, 0.05) is 58.3 Å². The fourth-order valence-electron chi connectivity index (χ4n) is 5.54.